The zero-order valence-corrected chi connectivity index (χ0v) is 16.7. The van der Waals surface area contributed by atoms with Gasteiger partial charge in [0.25, 0.3) is 15.9 Å². The Bertz CT molecular complexity index is 901. The minimum Gasteiger partial charge on any atom is -0.347 e. The van der Waals surface area contributed by atoms with Crippen LogP contribution in [0.3, 0.4) is 0 Å². The fourth-order valence-corrected chi connectivity index (χ4v) is 3.38. The molecule has 6 heteroatoms. The third-order valence-electron chi connectivity index (χ3n) is 4.41. The van der Waals surface area contributed by atoms with E-state index in [0.29, 0.717) is 11.3 Å². The van der Waals surface area contributed by atoms with Crippen molar-refractivity contribution in [1.82, 2.24) is 5.32 Å². The van der Waals surface area contributed by atoms with E-state index in [1.807, 2.05) is 27.7 Å². The SMILES string of the molecule is CCC(C)(C)NC(=O)c1ccc(C)c(NS(=O)(=O)c2ccc(C)cc2)c1. The lowest BCUT2D eigenvalue weighted by atomic mass is 10.0. The van der Waals surface area contributed by atoms with Crippen molar-refractivity contribution in [3.05, 3.63) is 59.2 Å². The number of carbonyl (C=O) groups excluding carboxylic acids is 1. The van der Waals surface area contributed by atoms with Crippen molar-refractivity contribution in [2.24, 2.45) is 0 Å². The van der Waals surface area contributed by atoms with Gasteiger partial charge in [-0.25, -0.2) is 8.42 Å². The van der Waals surface area contributed by atoms with E-state index < -0.39 is 10.0 Å². The number of aryl methyl sites for hydroxylation is 2. The predicted octanol–water partition coefficient (Wildman–Crippen LogP) is 4.02. The zero-order chi connectivity index (χ0) is 19.5. The highest BCUT2D eigenvalue weighted by Crippen LogP contribution is 2.22. The first-order valence-corrected chi connectivity index (χ1v) is 10.0. The first kappa shape index (κ1) is 20.0. The Morgan fingerprint density at radius 1 is 1.04 bits per heavy atom. The highest BCUT2D eigenvalue weighted by Gasteiger charge is 2.20. The van der Waals surface area contributed by atoms with Gasteiger partial charge in [0, 0.05) is 11.1 Å². The lowest BCUT2D eigenvalue weighted by Crippen LogP contribution is -2.42. The van der Waals surface area contributed by atoms with Crippen LogP contribution in [0.2, 0.25) is 0 Å². The number of amides is 1. The second-order valence-electron chi connectivity index (χ2n) is 7.14. The first-order valence-electron chi connectivity index (χ1n) is 8.57. The summed E-state index contributed by atoms with van der Waals surface area (Å²) in [6.45, 7) is 9.58. The van der Waals surface area contributed by atoms with E-state index in [0.717, 1.165) is 17.5 Å². The van der Waals surface area contributed by atoms with Gasteiger partial charge in [0.05, 0.1) is 10.6 Å². The third kappa shape index (κ3) is 4.85. The second kappa shape index (κ2) is 7.50. The summed E-state index contributed by atoms with van der Waals surface area (Å²) in [4.78, 5) is 12.7. The molecule has 0 heterocycles. The molecule has 0 bridgehead atoms. The average molecular weight is 375 g/mol. The lowest BCUT2D eigenvalue weighted by molar-refractivity contribution is 0.0911. The number of hydrogen-bond acceptors (Lipinski definition) is 3. The fourth-order valence-electron chi connectivity index (χ4n) is 2.26. The smallest absolute Gasteiger partial charge is 0.261 e. The Hall–Kier alpha value is -2.34. The molecule has 26 heavy (non-hydrogen) atoms. The summed E-state index contributed by atoms with van der Waals surface area (Å²) < 4.78 is 27.8. The normalized spacial score (nSPS) is 11.9. The Labute approximate surface area is 155 Å². The maximum atomic E-state index is 12.6. The van der Waals surface area contributed by atoms with E-state index >= 15 is 0 Å². The average Bonchev–Trinajstić information content (AvgIpc) is 2.56. The maximum absolute atomic E-state index is 12.6. The van der Waals surface area contributed by atoms with Gasteiger partial charge in [0.1, 0.15) is 0 Å². The van der Waals surface area contributed by atoms with Gasteiger partial charge < -0.3 is 5.32 Å². The Balaban J connectivity index is 2.30. The first-order chi connectivity index (χ1) is 12.0. The summed E-state index contributed by atoms with van der Waals surface area (Å²) >= 11 is 0. The van der Waals surface area contributed by atoms with E-state index in [2.05, 4.69) is 10.0 Å². The fraction of sp³-hybridized carbons (Fsp3) is 0.350. The molecule has 140 valence electrons. The number of rotatable bonds is 6. The molecule has 0 aromatic heterocycles. The summed E-state index contributed by atoms with van der Waals surface area (Å²) in [5, 5.41) is 2.95. The van der Waals surface area contributed by atoms with Crippen molar-refractivity contribution in [2.45, 2.75) is 51.5 Å². The predicted molar refractivity (Wildman–Crippen MR) is 105 cm³/mol. The molecule has 0 fully saturated rings. The molecule has 0 aliphatic carbocycles. The molecule has 0 aliphatic heterocycles. The molecule has 2 N–H and O–H groups in total. The van der Waals surface area contributed by atoms with Crippen molar-refractivity contribution in [1.29, 1.82) is 0 Å². The zero-order valence-electron chi connectivity index (χ0n) is 15.9. The minimum absolute atomic E-state index is 0.185. The Morgan fingerprint density at radius 2 is 1.65 bits per heavy atom. The molecular formula is C20H26N2O3S. The molecule has 0 unspecified atom stereocenters. The quantitative estimate of drug-likeness (QED) is 0.802. The second-order valence-corrected chi connectivity index (χ2v) is 8.82. The number of hydrogen-bond donors (Lipinski definition) is 2. The lowest BCUT2D eigenvalue weighted by Gasteiger charge is -2.24. The van der Waals surface area contributed by atoms with Gasteiger partial charge in [-0.3, -0.25) is 9.52 Å². The molecule has 0 saturated heterocycles. The van der Waals surface area contributed by atoms with Crippen molar-refractivity contribution >= 4 is 21.6 Å². The number of nitrogens with one attached hydrogen (secondary N) is 2. The van der Waals surface area contributed by atoms with Crippen molar-refractivity contribution in [2.75, 3.05) is 4.72 Å². The van der Waals surface area contributed by atoms with Crippen molar-refractivity contribution in [3.8, 4) is 0 Å². The molecule has 2 aromatic rings. The molecule has 2 rings (SSSR count). The Kier molecular flexibility index (Phi) is 5.76. The largest absolute Gasteiger partial charge is 0.347 e. The van der Waals surface area contributed by atoms with E-state index in [4.69, 9.17) is 0 Å². The van der Waals surface area contributed by atoms with Crippen LogP contribution in [0.5, 0.6) is 0 Å². The Morgan fingerprint density at radius 3 is 2.23 bits per heavy atom. The van der Waals surface area contributed by atoms with E-state index in [9.17, 15) is 13.2 Å². The van der Waals surface area contributed by atoms with Crippen molar-refractivity contribution < 1.29 is 13.2 Å². The summed E-state index contributed by atoms with van der Waals surface area (Å²) in [6, 6.07) is 11.6. The molecule has 0 saturated carbocycles. The summed E-state index contributed by atoms with van der Waals surface area (Å²) in [5.74, 6) is -0.229. The molecule has 5 nitrogen and oxygen atoms in total. The van der Waals surface area contributed by atoms with Crippen LogP contribution in [0.4, 0.5) is 5.69 Å². The molecule has 1 amide bonds. The molecule has 2 aromatic carbocycles. The van der Waals surface area contributed by atoms with Crippen LogP contribution in [0, 0.1) is 13.8 Å². The highest BCUT2D eigenvalue weighted by atomic mass is 32.2. The van der Waals surface area contributed by atoms with Gasteiger partial charge in [0.15, 0.2) is 0 Å². The number of sulfonamides is 1. The van der Waals surface area contributed by atoms with Crippen LogP contribution in [0.1, 0.15) is 48.7 Å². The van der Waals surface area contributed by atoms with Crippen LogP contribution < -0.4 is 10.0 Å². The maximum Gasteiger partial charge on any atom is 0.261 e. The molecule has 0 atom stereocenters. The monoisotopic (exact) mass is 374 g/mol. The summed E-state index contributed by atoms with van der Waals surface area (Å²) in [7, 11) is -3.72. The van der Waals surface area contributed by atoms with Crippen LogP contribution in [0.15, 0.2) is 47.4 Å². The summed E-state index contributed by atoms with van der Waals surface area (Å²) in [6.07, 6.45) is 0.789. The van der Waals surface area contributed by atoms with Gasteiger partial charge in [-0.15, -0.1) is 0 Å². The third-order valence-corrected chi connectivity index (χ3v) is 5.79. The van der Waals surface area contributed by atoms with Crippen LogP contribution in [0.25, 0.3) is 0 Å². The van der Waals surface area contributed by atoms with Crippen LogP contribution in [-0.2, 0) is 10.0 Å². The summed E-state index contributed by atoms with van der Waals surface area (Å²) in [5.41, 5.74) is 2.21. The van der Waals surface area contributed by atoms with Gasteiger partial charge in [-0.2, -0.15) is 0 Å². The highest BCUT2D eigenvalue weighted by molar-refractivity contribution is 7.92. The van der Waals surface area contributed by atoms with E-state index in [-0.39, 0.29) is 16.3 Å². The molecule has 0 spiro atoms. The van der Waals surface area contributed by atoms with Gasteiger partial charge >= 0.3 is 0 Å². The number of anilines is 1. The number of carbonyl (C=O) groups is 1. The molecule has 0 radical (unpaired) electrons. The molecule has 0 aliphatic rings. The topological polar surface area (TPSA) is 75.3 Å². The minimum atomic E-state index is -3.72. The van der Waals surface area contributed by atoms with Gasteiger partial charge in [-0.1, -0.05) is 30.7 Å². The van der Waals surface area contributed by atoms with Crippen molar-refractivity contribution in [3.63, 3.8) is 0 Å². The van der Waals surface area contributed by atoms with E-state index in [1.54, 1.807) is 49.4 Å². The number of benzene rings is 2. The van der Waals surface area contributed by atoms with Crippen LogP contribution in [-0.4, -0.2) is 19.9 Å². The molecular weight excluding hydrogens is 348 g/mol. The standard InChI is InChI=1S/C20H26N2O3S/c1-6-20(4,5)21-19(23)16-10-9-15(3)18(13-16)22-26(24,25)17-11-7-14(2)8-12-17/h7-13,22H,6H2,1-5H3,(H,21,23). The van der Waals surface area contributed by atoms with Crippen LogP contribution >= 0.6 is 0 Å². The van der Waals surface area contributed by atoms with Gasteiger partial charge in [0.2, 0.25) is 0 Å². The van der Waals surface area contributed by atoms with Gasteiger partial charge in [-0.05, 0) is 63.9 Å². The van der Waals surface area contributed by atoms with E-state index in [1.165, 1.54) is 0 Å².